The summed E-state index contributed by atoms with van der Waals surface area (Å²) < 4.78 is 5.49. The molecule has 0 aromatic carbocycles. The lowest BCUT2D eigenvalue weighted by atomic mass is 10.0. The van der Waals surface area contributed by atoms with Gasteiger partial charge in [-0.25, -0.2) is 9.97 Å². The Morgan fingerprint density at radius 3 is 2.80 bits per heavy atom. The highest BCUT2D eigenvalue weighted by atomic mass is 16.5. The predicted molar refractivity (Wildman–Crippen MR) is 96.7 cm³/mol. The average molecular weight is 339 g/mol. The maximum absolute atomic E-state index is 5.49. The number of anilines is 1. The molecule has 2 aliphatic rings. The minimum Gasteiger partial charge on any atom is -0.381 e. The van der Waals surface area contributed by atoms with Crippen LogP contribution in [0.5, 0.6) is 0 Å². The first kappa shape index (κ1) is 16.4. The molecule has 0 aliphatic carbocycles. The molecule has 1 unspecified atom stereocenters. The van der Waals surface area contributed by atoms with Crippen LogP contribution in [0.1, 0.15) is 29.3 Å². The van der Waals surface area contributed by atoms with Gasteiger partial charge in [-0.2, -0.15) is 0 Å². The van der Waals surface area contributed by atoms with Crippen LogP contribution in [0.3, 0.4) is 0 Å². The van der Waals surface area contributed by atoms with Gasteiger partial charge < -0.3 is 9.64 Å². The minimum atomic E-state index is 0.426. The van der Waals surface area contributed by atoms with Crippen molar-refractivity contribution in [3.63, 3.8) is 0 Å². The van der Waals surface area contributed by atoms with Crippen molar-refractivity contribution in [2.45, 2.75) is 25.8 Å². The summed E-state index contributed by atoms with van der Waals surface area (Å²) in [4.78, 5) is 18.3. The van der Waals surface area contributed by atoms with Crippen LogP contribution in [-0.4, -0.2) is 59.2 Å². The largest absolute Gasteiger partial charge is 0.381 e. The van der Waals surface area contributed by atoms with Crippen LogP contribution in [0.25, 0.3) is 0 Å². The Balaban J connectivity index is 1.37. The molecule has 25 heavy (non-hydrogen) atoms. The van der Waals surface area contributed by atoms with Crippen LogP contribution in [0, 0.1) is 6.92 Å². The molecule has 0 spiro atoms. The summed E-state index contributed by atoms with van der Waals surface area (Å²) in [5.74, 6) is 1.47. The lowest BCUT2D eigenvalue weighted by Crippen LogP contribution is -2.46. The zero-order valence-electron chi connectivity index (χ0n) is 14.8. The molecule has 0 amide bonds. The van der Waals surface area contributed by atoms with Crippen LogP contribution in [0.2, 0.25) is 0 Å². The number of hydrogen-bond acceptors (Lipinski definition) is 6. The van der Waals surface area contributed by atoms with Gasteiger partial charge in [-0.15, -0.1) is 0 Å². The molecule has 0 radical (unpaired) electrons. The van der Waals surface area contributed by atoms with E-state index in [-0.39, 0.29) is 0 Å². The van der Waals surface area contributed by atoms with Crippen molar-refractivity contribution in [3.8, 4) is 0 Å². The quantitative estimate of drug-likeness (QED) is 0.849. The fourth-order valence-electron chi connectivity index (χ4n) is 3.56. The maximum atomic E-state index is 5.49. The van der Waals surface area contributed by atoms with Gasteiger partial charge in [0.2, 0.25) is 0 Å². The normalized spacial score (nSPS) is 21.6. The van der Waals surface area contributed by atoms with E-state index in [1.54, 1.807) is 6.33 Å². The molecule has 4 rings (SSSR count). The Morgan fingerprint density at radius 2 is 2.04 bits per heavy atom. The highest BCUT2D eigenvalue weighted by Gasteiger charge is 2.22. The van der Waals surface area contributed by atoms with Crippen LogP contribution in [0.4, 0.5) is 5.82 Å². The molecule has 2 aromatic heterocycles. The number of nitrogens with zero attached hydrogens (tertiary/aromatic N) is 5. The topological polar surface area (TPSA) is 54.4 Å². The van der Waals surface area contributed by atoms with E-state index in [2.05, 4.69) is 43.8 Å². The van der Waals surface area contributed by atoms with Crippen LogP contribution in [-0.2, 0) is 11.3 Å². The van der Waals surface area contributed by atoms with Gasteiger partial charge in [0.1, 0.15) is 12.1 Å². The van der Waals surface area contributed by atoms with Crippen LogP contribution >= 0.6 is 0 Å². The Labute approximate surface area is 148 Å². The molecule has 2 aliphatic heterocycles. The van der Waals surface area contributed by atoms with Crippen LogP contribution < -0.4 is 4.90 Å². The SMILES string of the molecule is Cc1cccnc1CN1CCN(c2cc(C3CCOC3)ncn2)CC1. The molecule has 4 heterocycles. The van der Waals surface area contributed by atoms with E-state index in [0.717, 1.165) is 63.9 Å². The zero-order valence-corrected chi connectivity index (χ0v) is 14.8. The Hall–Kier alpha value is -2.05. The van der Waals surface area contributed by atoms with Gasteiger partial charge in [0.15, 0.2) is 0 Å². The second kappa shape index (κ2) is 7.45. The molecule has 1 atom stereocenters. The molecule has 0 bridgehead atoms. The van der Waals surface area contributed by atoms with E-state index in [9.17, 15) is 0 Å². The molecule has 2 aromatic rings. The lowest BCUT2D eigenvalue weighted by molar-refractivity contribution is 0.193. The highest BCUT2D eigenvalue weighted by molar-refractivity contribution is 5.40. The molecule has 6 heteroatoms. The molecule has 2 saturated heterocycles. The van der Waals surface area contributed by atoms with E-state index >= 15 is 0 Å². The summed E-state index contributed by atoms with van der Waals surface area (Å²) >= 11 is 0. The highest BCUT2D eigenvalue weighted by Crippen LogP contribution is 2.25. The fraction of sp³-hybridized carbons (Fsp3) is 0.526. The van der Waals surface area contributed by atoms with E-state index < -0.39 is 0 Å². The van der Waals surface area contributed by atoms with E-state index in [1.165, 1.54) is 11.3 Å². The number of ether oxygens (including phenoxy) is 1. The van der Waals surface area contributed by atoms with Gasteiger partial charge in [0.05, 0.1) is 18.0 Å². The minimum absolute atomic E-state index is 0.426. The summed E-state index contributed by atoms with van der Waals surface area (Å²) in [6, 6.07) is 6.28. The van der Waals surface area contributed by atoms with Gasteiger partial charge in [-0.05, 0) is 25.0 Å². The third-order valence-corrected chi connectivity index (χ3v) is 5.21. The first-order valence-corrected chi connectivity index (χ1v) is 9.07. The Kier molecular flexibility index (Phi) is 4.90. The summed E-state index contributed by atoms with van der Waals surface area (Å²) in [7, 11) is 0. The zero-order chi connectivity index (χ0) is 17.1. The molecular weight excluding hydrogens is 314 g/mol. The summed E-state index contributed by atoms with van der Waals surface area (Å²) in [6.45, 7) is 8.72. The lowest BCUT2D eigenvalue weighted by Gasteiger charge is -2.35. The van der Waals surface area contributed by atoms with Crippen LogP contribution in [0.15, 0.2) is 30.7 Å². The molecule has 0 N–H and O–H groups in total. The third kappa shape index (κ3) is 3.80. The summed E-state index contributed by atoms with van der Waals surface area (Å²) in [5, 5.41) is 0. The number of hydrogen-bond donors (Lipinski definition) is 0. The van der Waals surface area contributed by atoms with E-state index in [4.69, 9.17) is 4.74 Å². The second-order valence-electron chi connectivity index (χ2n) is 6.89. The van der Waals surface area contributed by atoms with Crippen molar-refractivity contribution in [2.24, 2.45) is 0 Å². The van der Waals surface area contributed by atoms with Crippen molar-refractivity contribution in [1.82, 2.24) is 19.9 Å². The van der Waals surface area contributed by atoms with Gasteiger partial charge in [0, 0.05) is 57.5 Å². The molecule has 132 valence electrons. The first-order chi connectivity index (χ1) is 12.3. The smallest absolute Gasteiger partial charge is 0.132 e. The predicted octanol–water partition coefficient (Wildman–Crippen LogP) is 2.01. The summed E-state index contributed by atoms with van der Waals surface area (Å²) in [5.41, 5.74) is 3.57. The molecule has 2 fully saturated rings. The number of piperazine rings is 1. The fourth-order valence-corrected chi connectivity index (χ4v) is 3.56. The molecule has 0 saturated carbocycles. The van der Waals surface area contributed by atoms with Crippen molar-refractivity contribution in [1.29, 1.82) is 0 Å². The number of aromatic nitrogens is 3. The van der Waals surface area contributed by atoms with E-state index in [1.807, 2.05) is 12.3 Å². The number of aryl methyl sites for hydroxylation is 1. The van der Waals surface area contributed by atoms with Crippen molar-refractivity contribution < 1.29 is 4.74 Å². The maximum Gasteiger partial charge on any atom is 0.132 e. The molecule has 6 nitrogen and oxygen atoms in total. The Bertz CT molecular complexity index is 708. The Morgan fingerprint density at radius 1 is 1.16 bits per heavy atom. The first-order valence-electron chi connectivity index (χ1n) is 9.07. The number of rotatable bonds is 4. The number of pyridine rings is 1. The van der Waals surface area contributed by atoms with Crippen molar-refractivity contribution in [2.75, 3.05) is 44.3 Å². The average Bonchev–Trinajstić information content (AvgIpc) is 3.19. The second-order valence-corrected chi connectivity index (χ2v) is 6.89. The standard InChI is InChI=1S/C19H25N5O/c1-15-3-2-5-20-18(15)12-23-6-8-24(9-7-23)19-11-17(21-14-22-19)16-4-10-25-13-16/h2-3,5,11,14,16H,4,6-10,12-13H2,1H3. The summed E-state index contributed by atoms with van der Waals surface area (Å²) in [6.07, 6.45) is 4.65. The molecular formula is C19H25N5O. The van der Waals surface area contributed by atoms with Gasteiger partial charge in [-0.3, -0.25) is 9.88 Å². The van der Waals surface area contributed by atoms with Crippen molar-refractivity contribution in [3.05, 3.63) is 47.7 Å². The van der Waals surface area contributed by atoms with E-state index in [0.29, 0.717) is 5.92 Å². The van der Waals surface area contributed by atoms with Gasteiger partial charge >= 0.3 is 0 Å². The monoisotopic (exact) mass is 339 g/mol. The third-order valence-electron chi connectivity index (χ3n) is 5.21. The van der Waals surface area contributed by atoms with Gasteiger partial charge in [-0.1, -0.05) is 6.07 Å². The van der Waals surface area contributed by atoms with Crippen molar-refractivity contribution >= 4 is 5.82 Å². The van der Waals surface area contributed by atoms with Gasteiger partial charge in [0.25, 0.3) is 0 Å².